The Morgan fingerprint density at radius 2 is 1.20 bits per heavy atom. The molecule has 2 N–H and O–H groups in total. The van der Waals surface area contributed by atoms with E-state index in [9.17, 15) is 9.59 Å². The van der Waals surface area contributed by atoms with E-state index in [0.29, 0.717) is 0 Å². The number of rotatable bonds is 10. The van der Waals surface area contributed by atoms with E-state index in [4.69, 9.17) is 0 Å². The molecule has 0 saturated carbocycles. The number of amides is 2. The molecule has 0 atom stereocenters. The van der Waals surface area contributed by atoms with Gasteiger partial charge in [0.2, 0.25) is 11.8 Å². The zero-order chi connectivity index (χ0) is 20.1. The van der Waals surface area contributed by atoms with Crippen LogP contribution in [0.15, 0.2) is 0 Å². The SMILES string of the molecule is CCC(C)(C)C(=O)NCCN(C)C.CCCCNC(=O)C(C)(C)CC. The highest BCUT2D eigenvalue weighted by atomic mass is 16.2. The van der Waals surface area contributed by atoms with E-state index in [-0.39, 0.29) is 22.6 Å². The lowest BCUT2D eigenvalue weighted by molar-refractivity contribution is -0.130. The van der Waals surface area contributed by atoms with Crippen LogP contribution in [0.4, 0.5) is 0 Å². The smallest absolute Gasteiger partial charge is 0.225 e. The van der Waals surface area contributed by atoms with Crippen molar-refractivity contribution in [1.82, 2.24) is 15.5 Å². The topological polar surface area (TPSA) is 61.4 Å². The van der Waals surface area contributed by atoms with Crippen molar-refractivity contribution in [2.24, 2.45) is 10.8 Å². The molecule has 0 aromatic carbocycles. The van der Waals surface area contributed by atoms with Crippen LogP contribution in [-0.4, -0.2) is 50.4 Å². The summed E-state index contributed by atoms with van der Waals surface area (Å²) in [6.45, 7) is 16.5. The third kappa shape index (κ3) is 12.9. The largest absolute Gasteiger partial charge is 0.356 e. The number of carbonyl (C=O) groups is 2. The van der Waals surface area contributed by atoms with Crippen LogP contribution in [0.2, 0.25) is 0 Å². The number of unbranched alkanes of at least 4 members (excludes halogenated alkanes) is 1. The van der Waals surface area contributed by atoms with Crippen LogP contribution in [0.1, 0.15) is 74.1 Å². The first-order valence-electron chi connectivity index (χ1n) is 9.65. The fourth-order valence-corrected chi connectivity index (χ4v) is 1.57. The summed E-state index contributed by atoms with van der Waals surface area (Å²) in [4.78, 5) is 25.1. The van der Waals surface area contributed by atoms with Crippen LogP contribution >= 0.6 is 0 Å². The predicted octanol–water partition coefficient (Wildman–Crippen LogP) is 3.44. The minimum Gasteiger partial charge on any atom is -0.356 e. The van der Waals surface area contributed by atoms with Crippen molar-refractivity contribution in [3.8, 4) is 0 Å². The molecule has 0 unspecified atom stereocenters. The van der Waals surface area contributed by atoms with Crippen LogP contribution < -0.4 is 10.6 Å². The Hall–Kier alpha value is -1.10. The summed E-state index contributed by atoms with van der Waals surface area (Å²) in [5.41, 5.74) is -0.431. The van der Waals surface area contributed by atoms with Gasteiger partial charge in [0, 0.05) is 30.5 Å². The molecule has 0 aliphatic rings. The van der Waals surface area contributed by atoms with Gasteiger partial charge < -0.3 is 15.5 Å². The third-order valence-electron chi connectivity index (χ3n) is 4.66. The fraction of sp³-hybridized carbons (Fsp3) is 0.900. The summed E-state index contributed by atoms with van der Waals surface area (Å²) in [6, 6.07) is 0. The van der Waals surface area contributed by atoms with E-state index in [0.717, 1.165) is 45.3 Å². The highest BCUT2D eigenvalue weighted by Crippen LogP contribution is 2.19. The first-order chi connectivity index (χ1) is 11.4. The number of nitrogens with one attached hydrogen (secondary N) is 2. The van der Waals surface area contributed by atoms with E-state index in [1.165, 1.54) is 0 Å². The first kappa shape index (κ1) is 26.1. The number of nitrogens with zero attached hydrogens (tertiary/aromatic N) is 1. The van der Waals surface area contributed by atoms with Crippen LogP contribution in [0.5, 0.6) is 0 Å². The van der Waals surface area contributed by atoms with E-state index in [2.05, 4.69) is 22.5 Å². The van der Waals surface area contributed by atoms with E-state index >= 15 is 0 Å². The molecule has 0 radical (unpaired) electrons. The standard InChI is InChI=1S/C10H22N2O.C10H21NO/c1-6-10(2,3)9(13)11-7-8-12(4)5;1-5-7-8-11-9(12)10(3,4)6-2/h6-8H2,1-5H3,(H,11,13);5-8H2,1-4H3,(H,11,12). The molecule has 0 fully saturated rings. The summed E-state index contributed by atoms with van der Waals surface area (Å²) < 4.78 is 0. The average Bonchev–Trinajstić information content (AvgIpc) is 2.55. The zero-order valence-electron chi connectivity index (χ0n) is 18.2. The Bertz CT molecular complexity index is 377. The average molecular weight is 358 g/mol. The number of hydrogen-bond donors (Lipinski definition) is 2. The molecule has 0 spiro atoms. The van der Waals surface area contributed by atoms with Gasteiger partial charge in [-0.3, -0.25) is 9.59 Å². The number of carbonyl (C=O) groups excluding carboxylic acids is 2. The highest BCUT2D eigenvalue weighted by molar-refractivity contribution is 5.82. The molecule has 0 saturated heterocycles. The predicted molar refractivity (Wildman–Crippen MR) is 108 cm³/mol. The van der Waals surface area contributed by atoms with E-state index < -0.39 is 0 Å². The second-order valence-electron chi connectivity index (χ2n) is 8.14. The van der Waals surface area contributed by atoms with Crippen molar-refractivity contribution in [1.29, 1.82) is 0 Å². The molecule has 0 aromatic rings. The number of hydrogen-bond acceptors (Lipinski definition) is 3. The van der Waals surface area contributed by atoms with Crippen LogP contribution in [0, 0.1) is 10.8 Å². The molecule has 0 aliphatic carbocycles. The van der Waals surface area contributed by atoms with Gasteiger partial charge in [-0.15, -0.1) is 0 Å². The molecule has 0 aliphatic heterocycles. The minimum atomic E-state index is -0.230. The molecule has 0 bridgehead atoms. The van der Waals surface area contributed by atoms with E-state index in [1.54, 1.807) is 0 Å². The second kappa shape index (κ2) is 13.2. The van der Waals surface area contributed by atoms with Gasteiger partial charge in [-0.1, -0.05) is 54.9 Å². The lowest BCUT2D eigenvalue weighted by Gasteiger charge is -2.22. The molecule has 2 amide bonds. The zero-order valence-corrected chi connectivity index (χ0v) is 18.2. The summed E-state index contributed by atoms with van der Waals surface area (Å²) >= 11 is 0. The molecule has 25 heavy (non-hydrogen) atoms. The normalized spacial score (nSPS) is 11.6. The third-order valence-corrected chi connectivity index (χ3v) is 4.66. The van der Waals surface area contributed by atoms with Gasteiger partial charge in [-0.25, -0.2) is 0 Å². The van der Waals surface area contributed by atoms with Gasteiger partial charge >= 0.3 is 0 Å². The minimum absolute atomic E-state index is 0.150. The summed E-state index contributed by atoms with van der Waals surface area (Å²) in [5, 5.41) is 5.86. The lowest BCUT2D eigenvalue weighted by Crippen LogP contribution is -2.39. The Balaban J connectivity index is 0. The first-order valence-corrected chi connectivity index (χ1v) is 9.65. The molecular weight excluding hydrogens is 314 g/mol. The highest BCUT2D eigenvalue weighted by Gasteiger charge is 2.25. The van der Waals surface area contributed by atoms with Crippen molar-refractivity contribution in [3.63, 3.8) is 0 Å². The quantitative estimate of drug-likeness (QED) is 0.589. The molecule has 5 nitrogen and oxygen atoms in total. The fourth-order valence-electron chi connectivity index (χ4n) is 1.57. The maximum atomic E-state index is 11.5. The Kier molecular flexibility index (Phi) is 13.7. The summed E-state index contributed by atoms with van der Waals surface area (Å²) in [6.07, 6.45) is 3.98. The van der Waals surface area contributed by atoms with Crippen LogP contribution in [0.3, 0.4) is 0 Å². The van der Waals surface area contributed by atoms with Gasteiger partial charge in [-0.2, -0.15) is 0 Å². The molecule has 0 heterocycles. The van der Waals surface area contributed by atoms with Crippen LogP contribution in [0.25, 0.3) is 0 Å². The van der Waals surface area contributed by atoms with Crippen molar-refractivity contribution in [3.05, 3.63) is 0 Å². The van der Waals surface area contributed by atoms with Crippen molar-refractivity contribution in [2.45, 2.75) is 74.1 Å². The van der Waals surface area contributed by atoms with Gasteiger partial charge in [0.1, 0.15) is 0 Å². The second-order valence-corrected chi connectivity index (χ2v) is 8.14. The van der Waals surface area contributed by atoms with Gasteiger partial charge in [0.15, 0.2) is 0 Å². The maximum absolute atomic E-state index is 11.5. The Morgan fingerprint density at radius 3 is 1.52 bits per heavy atom. The molecule has 150 valence electrons. The molecular formula is C20H43N3O2. The maximum Gasteiger partial charge on any atom is 0.225 e. The van der Waals surface area contributed by atoms with E-state index in [1.807, 2.05) is 55.6 Å². The van der Waals surface area contributed by atoms with Crippen molar-refractivity contribution in [2.75, 3.05) is 33.7 Å². The molecule has 5 heteroatoms. The molecule has 0 aromatic heterocycles. The van der Waals surface area contributed by atoms with Gasteiger partial charge in [-0.05, 0) is 33.4 Å². The molecule has 0 rings (SSSR count). The van der Waals surface area contributed by atoms with Crippen molar-refractivity contribution < 1.29 is 9.59 Å². The van der Waals surface area contributed by atoms with Gasteiger partial charge in [0.25, 0.3) is 0 Å². The van der Waals surface area contributed by atoms with Gasteiger partial charge in [0.05, 0.1) is 0 Å². The number of likely N-dealkylation sites (N-methyl/N-ethyl adjacent to an activating group) is 1. The van der Waals surface area contributed by atoms with Crippen molar-refractivity contribution >= 4 is 11.8 Å². The Labute approximate surface area is 156 Å². The van der Waals surface area contributed by atoms with Crippen LogP contribution in [-0.2, 0) is 9.59 Å². The monoisotopic (exact) mass is 357 g/mol. The summed E-state index contributed by atoms with van der Waals surface area (Å²) in [7, 11) is 3.99. The lowest BCUT2D eigenvalue weighted by atomic mass is 9.89. The summed E-state index contributed by atoms with van der Waals surface area (Å²) in [5.74, 6) is 0.329. The Morgan fingerprint density at radius 1 is 0.800 bits per heavy atom.